The number of fused-ring (bicyclic) bond motifs is 1. The van der Waals surface area contributed by atoms with Gasteiger partial charge in [0.2, 0.25) is 29.5 Å². The summed E-state index contributed by atoms with van der Waals surface area (Å²) >= 11 is 6.03. The number of hydrogen-bond donors (Lipinski definition) is 4. The van der Waals surface area contributed by atoms with E-state index >= 15 is 0 Å². The molecule has 0 aliphatic carbocycles. The van der Waals surface area contributed by atoms with Crippen LogP contribution in [-0.4, -0.2) is 105 Å². The quantitative estimate of drug-likeness (QED) is 0.148. The largest absolute Gasteiger partial charge is 0.507 e. The van der Waals surface area contributed by atoms with E-state index in [1.165, 1.54) is 0 Å². The van der Waals surface area contributed by atoms with Crippen molar-refractivity contribution in [1.29, 1.82) is 0 Å². The molecule has 0 radical (unpaired) electrons. The topological polar surface area (TPSA) is 179 Å². The summed E-state index contributed by atoms with van der Waals surface area (Å²) < 4.78 is 56.9. The highest BCUT2D eigenvalue weighted by atomic mass is 35.5. The van der Waals surface area contributed by atoms with E-state index < -0.39 is 48.1 Å². The third-order valence-corrected chi connectivity index (χ3v) is 9.88. The number of aliphatic hydroxyl groups is 2. The van der Waals surface area contributed by atoms with Crippen LogP contribution in [0.1, 0.15) is 43.5 Å². The molecule has 0 saturated carbocycles. The summed E-state index contributed by atoms with van der Waals surface area (Å²) in [6, 6.07) is 12.7. The molecular weight excluding hydrogens is 747 g/mol. The van der Waals surface area contributed by atoms with Gasteiger partial charge >= 0.3 is 6.18 Å². The van der Waals surface area contributed by atoms with Gasteiger partial charge in [-0.25, -0.2) is 4.98 Å². The molecular formula is C37H41ClF3N7O7. The van der Waals surface area contributed by atoms with Crippen LogP contribution in [0.2, 0.25) is 5.02 Å². The highest BCUT2D eigenvalue weighted by molar-refractivity contribution is 6.30. The first-order valence-corrected chi connectivity index (χ1v) is 17.9. The molecule has 1 fully saturated rings. The minimum atomic E-state index is -4.65. The molecule has 0 spiro atoms. The Kier molecular flexibility index (Phi) is 11.8. The van der Waals surface area contributed by atoms with Gasteiger partial charge in [0.05, 0.1) is 23.5 Å². The summed E-state index contributed by atoms with van der Waals surface area (Å²) in [5, 5.41) is 35.3. The Morgan fingerprint density at radius 3 is 2.53 bits per heavy atom. The summed E-state index contributed by atoms with van der Waals surface area (Å²) in [7, 11) is 0. The van der Waals surface area contributed by atoms with Crippen LogP contribution in [0.3, 0.4) is 0 Å². The second kappa shape index (κ2) is 16.4. The van der Waals surface area contributed by atoms with E-state index in [9.17, 15) is 33.0 Å². The molecule has 2 aromatic carbocycles. The number of oxazole rings is 1. The van der Waals surface area contributed by atoms with Gasteiger partial charge in [0, 0.05) is 61.6 Å². The molecule has 4 N–H and O–H groups in total. The summed E-state index contributed by atoms with van der Waals surface area (Å²) in [6.45, 7) is 3.90. The molecule has 3 atom stereocenters. The molecule has 294 valence electrons. The van der Waals surface area contributed by atoms with Crippen molar-refractivity contribution >= 4 is 29.1 Å². The SMILES string of the molecule is Cc1nnc(C[C@H](C[C@H](O)CN2CCN(C(C)(C)c3ncc(-c4ccc(Cl)cc4)o3)C[C@H]2C(=O)NCC(F)(F)F)C(=O)NC2=C(O)COc3ccccc32)o1. The number of alkyl halides is 3. The molecule has 14 nitrogen and oxygen atoms in total. The number of carbonyl (C=O) groups excluding carboxylic acids is 2. The number of nitrogens with one attached hydrogen (secondary N) is 2. The molecule has 4 heterocycles. The number of rotatable bonds is 13. The number of β-amino-alcohol motifs (C(OH)–C–C–N with tert-alkyl or cyclic N) is 1. The molecule has 1 saturated heterocycles. The predicted molar refractivity (Wildman–Crippen MR) is 192 cm³/mol. The van der Waals surface area contributed by atoms with E-state index in [1.54, 1.807) is 66.6 Å². The van der Waals surface area contributed by atoms with Crippen LogP contribution >= 0.6 is 11.6 Å². The molecule has 6 rings (SSSR count). The fraction of sp³-hybridized carbons (Fsp3) is 0.432. The third-order valence-electron chi connectivity index (χ3n) is 9.62. The summed E-state index contributed by atoms with van der Waals surface area (Å²) in [5.41, 5.74) is 0.466. The molecule has 2 aromatic heterocycles. The van der Waals surface area contributed by atoms with E-state index in [0.29, 0.717) is 34.5 Å². The first-order chi connectivity index (χ1) is 26.1. The van der Waals surface area contributed by atoms with Gasteiger partial charge in [0.1, 0.15) is 24.9 Å². The van der Waals surface area contributed by atoms with E-state index in [-0.39, 0.29) is 62.3 Å². The number of hydrogen-bond acceptors (Lipinski definition) is 12. The van der Waals surface area contributed by atoms with Gasteiger partial charge < -0.3 is 34.4 Å². The highest BCUT2D eigenvalue weighted by Crippen LogP contribution is 2.34. The zero-order valence-corrected chi connectivity index (χ0v) is 31.0. The number of nitrogens with zero attached hydrogens (tertiary/aromatic N) is 5. The smallest absolute Gasteiger partial charge is 0.405 e. The van der Waals surface area contributed by atoms with Crippen molar-refractivity contribution < 1.29 is 46.5 Å². The molecule has 55 heavy (non-hydrogen) atoms. The van der Waals surface area contributed by atoms with Crippen molar-refractivity contribution in [3.63, 3.8) is 0 Å². The molecule has 4 aromatic rings. The maximum atomic E-state index is 13.8. The number of aliphatic hydroxyl groups excluding tert-OH is 2. The molecule has 2 aliphatic rings. The zero-order chi connectivity index (χ0) is 39.5. The lowest BCUT2D eigenvalue weighted by Gasteiger charge is -2.46. The van der Waals surface area contributed by atoms with Crippen molar-refractivity contribution in [3.05, 3.63) is 88.7 Å². The molecule has 0 unspecified atom stereocenters. The van der Waals surface area contributed by atoms with Crippen molar-refractivity contribution in [3.8, 4) is 17.1 Å². The fourth-order valence-electron chi connectivity index (χ4n) is 6.67. The van der Waals surface area contributed by atoms with Crippen LogP contribution < -0.4 is 15.4 Å². The predicted octanol–water partition coefficient (Wildman–Crippen LogP) is 4.63. The number of para-hydroxylation sites is 1. The maximum Gasteiger partial charge on any atom is 0.405 e. The van der Waals surface area contributed by atoms with Gasteiger partial charge in [-0.15, -0.1) is 10.2 Å². The second-order valence-electron chi connectivity index (χ2n) is 14.0. The monoisotopic (exact) mass is 787 g/mol. The van der Waals surface area contributed by atoms with E-state index in [2.05, 4.69) is 20.5 Å². The standard InChI is InChI=1S/C37H41ClF3N7O7/c1-21-45-46-31(54-21)15-23(33(51)44-32-26-6-4-5-7-29(26)53-19-28(32)50)14-25(49)17-47-12-13-48(18-27(47)34(52)43-20-37(39,40)41)36(2,3)35-42-16-30(55-35)22-8-10-24(38)11-9-22/h4-11,16,23,25,27,49-50H,12-15,17-20H2,1-3H3,(H,43,52)(H,44,51)/t23-,25-,27-/m0/s1. The number of halogens is 4. The lowest BCUT2D eigenvalue weighted by Crippen LogP contribution is -2.63. The zero-order valence-electron chi connectivity index (χ0n) is 30.3. The normalized spacial score (nSPS) is 18.0. The number of aromatic nitrogens is 3. The van der Waals surface area contributed by atoms with Gasteiger partial charge in [-0.2, -0.15) is 13.2 Å². The van der Waals surface area contributed by atoms with Crippen molar-refractivity contribution in [2.45, 2.75) is 57.5 Å². The first-order valence-electron chi connectivity index (χ1n) is 17.6. The average molecular weight is 788 g/mol. The van der Waals surface area contributed by atoms with Crippen molar-refractivity contribution in [2.75, 3.05) is 39.3 Å². The Morgan fingerprint density at radius 1 is 1.07 bits per heavy atom. The number of benzene rings is 2. The third kappa shape index (κ3) is 9.65. The lowest BCUT2D eigenvalue weighted by molar-refractivity contribution is -0.144. The summed E-state index contributed by atoms with van der Waals surface area (Å²) in [6.07, 6.45) is -4.54. The molecule has 2 aliphatic heterocycles. The van der Waals surface area contributed by atoms with E-state index in [0.717, 1.165) is 5.56 Å². The maximum absolute atomic E-state index is 13.8. The van der Waals surface area contributed by atoms with Crippen molar-refractivity contribution in [1.82, 2.24) is 35.6 Å². The van der Waals surface area contributed by atoms with Crippen LogP contribution in [-0.2, 0) is 21.5 Å². The number of aryl methyl sites for hydroxylation is 1. The highest BCUT2D eigenvalue weighted by Gasteiger charge is 2.43. The molecule has 18 heteroatoms. The van der Waals surface area contributed by atoms with Gasteiger partial charge in [-0.05, 0) is 56.7 Å². The summed E-state index contributed by atoms with van der Waals surface area (Å²) in [4.78, 5) is 35.3. The van der Waals surface area contributed by atoms with Gasteiger partial charge in [-0.3, -0.25) is 19.4 Å². The summed E-state index contributed by atoms with van der Waals surface area (Å²) in [5.74, 6) is -0.918. The molecule has 0 bridgehead atoms. The van der Waals surface area contributed by atoms with Crippen LogP contribution in [0, 0.1) is 12.8 Å². The Bertz CT molecular complexity index is 2020. The van der Waals surface area contributed by atoms with Crippen LogP contribution in [0.4, 0.5) is 13.2 Å². The average Bonchev–Trinajstić information content (AvgIpc) is 3.81. The minimum absolute atomic E-state index is 0.0256. The Morgan fingerprint density at radius 2 is 1.82 bits per heavy atom. The lowest BCUT2D eigenvalue weighted by atomic mass is 9.94. The minimum Gasteiger partial charge on any atom is -0.507 e. The number of carbonyl (C=O) groups is 2. The van der Waals surface area contributed by atoms with Gasteiger partial charge in [0.15, 0.2) is 11.5 Å². The van der Waals surface area contributed by atoms with Crippen LogP contribution in [0.25, 0.3) is 17.0 Å². The van der Waals surface area contributed by atoms with E-state index in [4.69, 9.17) is 25.2 Å². The molecule has 2 amide bonds. The number of amides is 2. The number of ether oxygens (including phenoxy) is 1. The van der Waals surface area contributed by atoms with Crippen molar-refractivity contribution in [2.24, 2.45) is 5.92 Å². The van der Waals surface area contributed by atoms with Gasteiger partial charge in [-0.1, -0.05) is 23.7 Å². The fourth-order valence-corrected chi connectivity index (χ4v) is 6.79. The van der Waals surface area contributed by atoms with E-state index in [1.807, 2.05) is 24.1 Å². The van der Waals surface area contributed by atoms with Gasteiger partial charge in [0.25, 0.3) is 0 Å². The Balaban J connectivity index is 1.19. The Hall–Kier alpha value is -4.97. The van der Waals surface area contributed by atoms with Crippen LogP contribution in [0.5, 0.6) is 5.75 Å². The van der Waals surface area contributed by atoms with Crippen LogP contribution in [0.15, 0.2) is 69.3 Å². The Labute approximate surface area is 319 Å². The number of piperazine rings is 1. The first kappa shape index (κ1) is 39.7. The second-order valence-corrected chi connectivity index (χ2v) is 14.4.